The van der Waals surface area contributed by atoms with E-state index in [0.717, 1.165) is 17.8 Å². The Kier molecular flexibility index (Phi) is 2.58. The first-order valence-corrected chi connectivity index (χ1v) is 5.66. The van der Waals surface area contributed by atoms with E-state index in [-0.39, 0.29) is 5.92 Å². The molecule has 3 rings (SSSR count). The van der Waals surface area contributed by atoms with Gasteiger partial charge in [0.15, 0.2) is 5.82 Å². The second-order valence-electron chi connectivity index (χ2n) is 3.98. The van der Waals surface area contributed by atoms with Crippen molar-refractivity contribution < 1.29 is 4.52 Å². The Morgan fingerprint density at radius 1 is 1.12 bits per heavy atom. The summed E-state index contributed by atoms with van der Waals surface area (Å²) >= 11 is 0. The summed E-state index contributed by atoms with van der Waals surface area (Å²) < 4.78 is 5.28. The molecule has 0 radical (unpaired) electrons. The normalized spacial score (nSPS) is 18.5. The number of hydrogen-bond donors (Lipinski definition) is 0. The van der Waals surface area contributed by atoms with Gasteiger partial charge in [-0.2, -0.15) is 4.98 Å². The maximum atomic E-state index is 5.28. The summed E-state index contributed by atoms with van der Waals surface area (Å²) in [6, 6.07) is 9.82. The molecular weight excluding hydrogens is 212 g/mol. The van der Waals surface area contributed by atoms with Gasteiger partial charge < -0.3 is 4.52 Å². The molecular formula is C14H12N2O. The zero-order valence-electron chi connectivity index (χ0n) is 9.28. The van der Waals surface area contributed by atoms with E-state index >= 15 is 0 Å². The third kappa shape index (κ3) is 2.04. The van der Waals surface area contributed by atoms with E-state index in [1.165, 1.54) is 0 Å². The van der Waals surface area contributed by atoms with E-state index in [1.54, 1.807) is 0 Å². The highest BCUT2D eigenvalue weighted by Gasteiger charge is 2.16. The fraction of sp³-hybridized carbons (Fsp3) is 0.143. The number of rotatable bonds is 2. The standard InChI is InChI=1S/C14H12N2O/c1-3-7-11(8-4-1)13-15-14(17-16-13)12-9-5-2-6-10-12/h1-7,9-11H,8H2. The Morgan fingerprint density at radius 2 is 2.00 bits per heavy atom. The smallest absolute Gasteiger partial charge is 0.257 e. The molecule has 1 aromatic heterocycles. The lowest BCUT2D eigenvalue weighted by Crippen LogP contribution is -1.98. The molecule has 84 valence electrons. The largest absolute Gasteiger partial charge is 0.334 e. The first kappa shape index (κ1) is 10.0. The molecule has 2 aromatic rings. The molecule has 0 fully saturated rings. The Bertz CT molecular complexity index is 555. The van der Waals surface area contributed by atoms with Gasteiger partial charge in [0.1, 0.15) is 0 Å². The highest BCUT2D eigenvalue weighted by atomic mass is 16.5. The molecule has 3 heteroatoms. The molecule has 0 amide bonds. The predicted molar refractivity (Wildman–Crippen MR) is 65.4 cm³/mol. The Hall–Kier alpha value is -2.16. The molecule has 1 heterocycles. The first-order valence-electron chi connectivity index (χ1n) is 5.66. The molecule has 3 nitrogen and oxygen atoms in total. The molecule has 1 aliphatic carbocycles. The van der Waals surface area contributed by atoms with Crippen molar-refractivity contribution in [1.29, 1.82) is 0 Å². The van der Waals surface area contributed by atoms with Gasteiger partial charge in [0.25, 0.3) is 5.89 Å². The highest BCUT2D eigenvalue weighted by Crippen LogP contribution is 2.24. The maximum absolute atomic E-state index is 5.28. The van der Waals surface area contributed by atoms with Crippen LogP contribution >= 0.6 is 0 Å². The average Bonchev–Trinajstić information content (AvgIpc) is 2.90. The van der Waals surface area contributed by atoms with Gasteiger partial charge >= 0.3 is 0 Å². The minimum Gasteiger partial charge on any atom is -0.334 e. The van der Waals surface area contributed by atoms with Crippen molar-refractivity contribution in [2.45, 2.75) is 12.3 Å². The molecule has 1 atom stereocenters. The van der Waals surface area contributed by atoms with Crippen molar-refractivity contribution in [3.05, 3.63) is 60.5 Å². The van der Waals surface area contributed by atoms with Crippen LogP contribution in [-0.4, -0.2) is 10.1 Å². The van der Waals surface area contributed by atoms with Gasteiger partial charge in [0.05, 0.1) is 0 Å². The monoisotopic (exact) mass is 224 g/mol. The number of nitrogens with zero attached hydrogens (tertiary/aromatic N) is 2. The molecule has 1 aromatic carbocycles. The summed E-state index contributed by atoms with van der Waals surface area (Å²) in [5.74, 6) is 1.58. The number of benzene rings is 1. The zero-order valence-corrected chi connectivity index (χ0v) is 9.28. The third-order valence-electron chi connectivity index (χ3n) is 2.77. The Balaban J connectivity index is 1.88. The topological polar surface area (TPSA) is 38.9 Å². The van der Waals surface area contributed by atoms with Crippen molar-refractivity contribution in [2.75, 3.05) is 0 Å². The van der Waals surface area contributed by atoms with Crippen molar-refractivity contribution in [3.8, 4) is 11.5 Å². The third-order valence-corrected chi connectivity index (χ3v) is 2.77. The van der Waals surface area contributed by atoms with Crippen LogP contribution in [0.3, 0.4) is 0 Å². The van der Waals surface area contributed by atoms with Gasteiger partial charge in [-0.25, -0.2) is 0 Å². The lowest BCUT2D eigenvalue weighted by Gasteiger charge is -2.06. The molecule has 0 saturated heterocycles. The van der Waals surface area contributed by atoms with Crippen molar-refractivity contribution in [2.24, 2.45) is 0 Å². The first-order chi connectivity index (χ1) is 8.43. The second kappa shape index (κ2) is 4.37. The molecule has 0 bridgehead atoms. The summed E-state index contributed by atoms with van der Waals surface area (Å²) in [6.45, 7) is 0. The van der Waals surface area contributed by atoms with E-state index < -0.39 is 0 Å². The fourth-order valence-electron chi connectivity index (χ4n) is 1.86. The number of aromatic nitrogens is 2. The average molecular weight is 224 g/mol. The van der Waals surface area contributed by atoms with Gasteiger partial charge in [-0.3, -0.25) is 0 Å². The van der Waals surface area contributed by atoms with Crippen LogP contribution < -0.4 is 0 Å². The van der Waals surface area contributed by atoms with Gasteiger partial charge in [0.2, 0.25) is 0 Å². The summed E-state index contributed by atoms with van der Waals surface area (Å²) in [5.41, 5.74) is 0.960. The van der Waals surface area contributed by atoms with Crippen LogP contribution in [0.1, 0.15) is 18.2 Å². The highest BCUT2D eigenvalue weighted by molar-refractivity contribution is 5.52. The second-order valence-corrected chi connectivity index (χ2v) is 3.98. The van der Waals surface area contributed by atoms with Crippen molar-refractivity contribution >= 4 is 0 Å². The van der Waals surface area contributed by atoms with E-state index in [0.29, 0.717) is 5.89 Å². The predicted octanol–water partition coefficient (Wildman–Crippen LogP) is 3.34. The quantitative estimate of drug-likeness (QED) is 0.785. The van der Waals surface area contributed by atoms with E-state index in [4.69, 9.17) is 4.52 Å². The van der Waals surface area contributed by atoms with Crippen LogP contribution in [0.2, 0.25) is 0 Å². The zero-order chi connectivity index (χ0) is 11.5. The van der Waals surface area contributed by atoms with E-state index in [9.17, 15) is 0 Å². The Morgan fingerprint density at radius 3 is 2.76 bits per heavy atom. The lowest BCUT2D eigenvalue weighted by atomic mass is 10.0. The maximum Gasteiger partial charge on any atom is 0.257 e. The Labute approximate surface area is 99.5 Å². The van der Waals surface area contributed by atoms with E-state index in [1.807, 2.05) is 42.5 Å². The van der Waals surface area contributed by atoms with Crippen molar-refractivity contribution in [1.82, 2.24) is 10.1 Å². The van der Waals surface area contributed by atoms with E-state index in [2.05, 4.69) is 22.3 Å². The van der Waals surface area contributed by atoms with Crippen LogP contribution in [-0.2, 0) is 0 Å². The summed E-state index contributed by atoms with van der Waals surface area (Å²) in [4.78, 5) is 4.44. The van der Waals surface area contributed by atoms with Crippen LogP contribution in [0, 0.1) is 0 Å². The van der Waals surface area contributed by atoms with Crippen LogP contribution in [0.15, 0.2) is 59.2 Å². The molecule has 0 saturated carbocycles. The van der Waals surface area contributed by atoms with Crippen LogP contribution in [0.4, 0.5) is 0 Å². The van der Waals surface area contributed by atoms with Crippen molar-refractivity contribution in [3.63, 3.8) is 0 Å². The van der Waals surface area contributed by atoms with Gasteiger partial charge in [-0.15, -0.1) is 0 Å². The number of hydrogen-bond acceptors (Lipinski definition) is 3. The van der Waals surface area contributed by atoms with Gasteiger partial charge in [-0.05, 0) is 18.6 Å². The van der Waals surface area contributed by atoms with Gasteiger partial charge in [-0.1, -0.05) is 47.7 Å². The fourth-order valence-corrected chi connectivity index (χ4v) is 1.86. The lowest BCUT2D eigenvalue weighted by molar-refractivity contribution is 0.419. The minimum atomic E-state index is 0.237. The van der Waals surface area contributed by atoms with Crippen LogP contribution in [0.5, 0.6) is 0 Å². The molecule has 0 N–H and O–H groups in total. The molecule has 1 unspecified atom stereocenters. The van der Waals surface area contributed by atoms with Crippen LogP contribution in [0.25, 0.3) is 11.5 Å². The summed E-state index contributed by atoms with van der Waals surface area (Å²) in [7, 11) is 0. The minimum absolute atomic E-state index is 0.237. The number of allylic oxidation sites excluding steroid dienone is 4. The SMILES string of the molecule is C1=CCC(c2noc(-c3ccccc3)n2)C=C1. The molecule has 17 heavy (non-hydrogen) atoms. The summed E-state index contributed by atoms with van der Waals surface area (Å²) in [5, 5.41) is 4.04. The molecule has 0 aliphatic heterocycles. The summed E-state index contributed by atoms with van der Waals surface area (Å²) in [6.07, 6.45) is 9.20. The van der Waals surface area contributed by atoms with Gasteiger partial charge in [0, 0.05) is 11.5 Å². The molecule has 0 spiro atoms. The molecule has 1 aliphatic rings.